The predicted molar refractivity (Wildman–Crippen MR) is 99.6 cm³/mol. The van der Waals surface area contributed by atoms with Gasteiger partial charge in [0.25, 0.3) is 0 Å². The summed E-state index contributed by atoms with van der Waals surface area (Å²) >= 11 is 0. The fourth-order valence-corrected chi connectivity index (χ4v) is 3.74. The molecule has 0 saturated carbocycles. The normalized spacial score (nSPS) is 15.5. The third kappa shape index (κ3) is 6.92. The van der Waals surface area contributed by atoms with Crippen LogP contribution >= 0.6 is 0 Å². The first kappa shape index (κ1) is 21.1. The van der Waals surface area contributed by atoms with Crippen molar-refractivity contribution < 1.29 is 14.1 Å². The molecule has 0 atom stereocenters. The Morgan fingerprint density at radius 1 is 0.708 bits per heavy atom. The van der Waals surface area contributed by atoms with Crippen molar-refractivity contribution in [1.29, 1.82) is 0 Å². The van der Waals surface area contributed by atoms with Gasteiger partial charge in [-0.25, -0.2) is 0 Å². The Morgan fingerprint density at radius 3 is 1.54 bits per heavy atom. The Hall–Kier alpha value is -0.900. The number of hydrogen-bond acceptors (Lipinski definition) is 2. The molecule has 4 nitrogen and oxygen atoms in total. The maximum absolute atomic E-state index is 11.7. The monoisotopic (exact) mass is 339 g/mol. The summed E-state index contributed by atoms with van der Waals surface area (Å²) in [4.78, 5) is 24.9. The summed E-state index contributed by atoms with van der Waals surface area (Å²) in [6, 6.07) is 0. The first-order valence-electron chi connectivity index (χ1n) is 10.3. The molecule has 0 aromatic rings. The summed E-state index contributed by atoms with van der Waals surface area (Å²) in [5.74, 6) is 0.0624. The second-order valence-corrected chi connectivity index (χ2v) is 7.44. The van der Waals surface area contributed by atoms with Crippen LogP contribution in [0.15, 0.2) is 0 Å². The number of hydrogen-bond donors (Lipinski definition) is 0. The summed E-state index contributed by atoms with van der Waals surface area (Å²) in [5, 5.41) is 0. The zero-order valence-corrected chi connectivity index (χ0v) is 16.3. The van der Waals surface area contributed by atoms with Gasteiger partial charge in [-0.05, 0) is 32.1 Å². The van der Waals surface area contributed by atoms with Crippen molar-refractivity contribution in [2.45, 2.75) is 85.0 Å². The minimum atomic E-state index is 0.0312. The maximum atomic E-state index is 11.7. The largest absolute Gasteiger partial charge is 0.324 e. The Morgan fingerprint density at radius 2 is 1.12 bits per heavy atom. The number of unbranched alkanes of at least 4 members (excludes halogenated alkanes) is 4. The number of amides is 2. The number of imide groups is 1. The smallest absolute Gasteiger partial charge is 0.229 e. The van der Waals surface area contributed by atoms with Gasteiger partial charge in [0.1, 0.15) is 0 Å². The van der Waals surface area contributed by atoms with Gasteiger partial charge in [-0.1, -0.05) is 40.0 Å². The van der Waals surface area contributed by atoms with Crippen LogP contribution in [0.1, 0.15) is 85.0 Å². The summed E-state index contributed by atoms with van der Waals surface area (Å²) in [5.41, 5.74) is 0. The van der Waals surface area contributed by atoms with E-state index in [1.165, 1.54) is 74.1 Å². The molecule has 1 aliphatic heterocycles. The van der Waals surface area contributed by atoms with E-state index in [-0.39, 0.29) is 11.8 Å². The van der Waals surface area contributed by atoms with Crippen LogP contribution in [0.5, 0.6) is 0 Å². The molecule has 24 heavy (non-hydrogen) atoms. The molecular weight excluding hydrogens is 300 g/mol. The predicted octanol–water partition coefficient (Wildman–Crippen LogP) is 4.13. The number of rotatable bonds is 14. The van der Waals surface area contributed by atoms with E-state index in [1.807, 2.05) is 0 Å². The average molecular weight is 340 g/mol. The molecule has 2 amide bonds. The molecule has 1 rings (SSSR count). The van der Waals surface area contributed by atoms with Gasteiger partial charge in [0.2, 0.25) is 11.8 Å². The van der Waals surface area contributed by atoms with Crippen LogP contribution in [-0.4, -0.2) is 53.9 Å². The Bertz CT molecular complexity index is 344. The Labute approximate surface area is 149 Å². The highest BCUT2D eigenvalue weighted by Crippen LogP contribution is 2.18. The first-order chi connectivity index (χ1) is 11.6. The standard InChI is InChI=1S/C20H39N2O2/c1-4-7-15-22(16-8-5-2,17-9-6-3)18-11-10-14-21-19(23)12-13-20(21)24/h4-18H2,1-3H3/q+1. The van der Waals surface area contributed by atoms with E-state index in [0.29, 0.717) is 19.4 Å². The number of carbonyl (C=O) groups excluding carboxylic acids is 2. The van der Waals surface area contributed by atoms with E-state index in [1.54, 1.807) is 0 Å². The lowest BCUT2D eigenvalue weighted by atomic mass is 10.1. The molecule has 1 saturated heterocycles. The van der Waals surface area contributed by atoms with Gasteiger partial charge in [-0.2, -0.15) is 0 Å². The molecule has 140 valence electrons. The highest BCUT2D eigenvalue weighted by Gasteiger charge is 2.29. The molecule has 0 N–H and O–H groups in total. The number of likely N-dealkylation sites (tertiary alicyclic amines) is 1. The summed E-state index contributed by atoms with van der Waals surface area (Å²) in [6.45, 7) is 12.5. The molecule has 1 fully saturated rings. The lowest BCUT2D eigenvalue weighted by Crippen LogP contribution is -2.51. The number of quaternary nitrogens is 1. The minimum absolute atomic E-state index is 0.0312. The second kappa shape index (κ2) is 11.6. The lowest BCUT2D eigenvalue weighted by molar-refractivity contribution is -0.929. The van der Waals surface area contributed by atoms with Crippen LogP contribution < -0.4 is 0 Å². The highest BCUT2D eigenvalue weighted by molar-refractivity contribution is 6.01. The maximum Gasteiger partial charge on any atom is 0.229 e. The zero-order chi connectivity index (χ0) is 17.8. The van der Waals surface area contributed by atoms with E-state index in [0.717, 1.165) is 12.8 Å². The number of nitrogens with zero attached hydrogens (tertiary/aromatic N) is 2. The van der Waals surface area contributed by atoms with E-state index >= 15 is 0 Å². The van der Waals surface area contributed by atoms with Gasteiger partial charge in [0, 0.05) is 19.4 Å². The van der Waals surface area contributed by atoms with Crippen molar-refractivity contribution in [3.8, 4) is 0 Å². The lowest BCUT2D eigenvalue weighted by Gasteiger charge is -2.39. The molecule has 0 aliphatic carbocycles. The highest BCUT2D eigenvalue weighted by atomic mass is 16.2. The topological polar surface area (TPSA) is 37.4 Å². The van der Waals surface area contributed by atoms with Crippen LogP contribution in [0.25, 0.3) is 0 Å². The van der Waals surface area contributed by atoms with Gasteiger partial charge in [-0.15, -0.1) is 0 Å². The van der Waals surface area contributed by atoms with E-state index in [2.05, 4.69) is 20.8 Å². The summed E-state index contributed by atoms with van der Waals surface area (Å²) in [6.07, 6.45) is 10.6. The van der Waals surface area contributed by atoms with E-state index < -0.39 is 0 Å². The Balaban J connectivity index is 2.51. The van der Waals surface area contributed by atoms with Gasteiger partial charge in [-0.3, -0.25) is 14.5 Å². The quantitative estimate of drug-likeness (QED) is 0.271. The number of carbonyl (C=O) groups is 2. The fourth-order valence-electron chi connectivity index (χ4n) is 3.74. The molecule has 1 aliphatic rings. The summed E-state index contributed by atoms with van der Waals surface area (Å²) < 4.78 is 1.25. The minimum Gasteiger partial charge on any atom is -0.324 e. The third-order valence-electron chi connectivity index (χ3n) is 5.38. The fraction of sp³-hybridized carbons (Fsp3) is 0.900. The van der Waals surface area contributed by atoms with Crippen LogP contribution in [0.3, 0.4) is 0 Å². The van der Waals surface area contributed by atoms with E-state index in [4.69, 9.17) is 0 Å². The van der Waals surface area contributed by atoms with Gasteiger partial charge in [0.05, 0.1) is 26.2 Å². The van der Waals surface area contributed by atoms with Crippen molar-refractivity contribution in [2.24, 2.45) is 0 Å². The van der Waals surface area contributed by atoms with Gasteiger partial charge < -0.3 is 4.48 Å². The van der Waals surface area contributed by atoms with Crippen molar-refractivity contribution in [1.82, 2.24) is 4.90 Å². The Kier molecular flexibility index (Phi) is 10.2. The molecule has 0 spiro atoms. The molecule has 1 heterocycles. The van der Waals surface area contributed by atoms with Crippen molar-refractivity contribution >= 4 is 11.8 Å². The molecule has 0 unspecified atom stereocenters. The zero-order valence-electron chi connectivity index (χ0n) is 16.3. The molecule has 0 radical (unpaired) electrons. The van der Waals surface area contributed by atoms with Crippen LogP contribution in [0, 0.1) is 0 Å². The van der Waals surface area contributed by atoms with Crippen molar-refractivity contribution in [3.63, 3.8) is 0 Å². The first-order valence-corrected chi connectivity index (χ1v) is 10.3. The van der Waals surface area contributed by atoms with Crippen LogP contribution in [-0.2, 0) is 9.59 Å². The average Bonchev–Trinajstić information content (AvgIpc) is 2.91. The van der Waals surface area contributed by atoms with Crippen LogP contribution in [0.4, 0.5) is 0 Å². The van der Waals surface area contributed by atoms with Gasteiger partial charge >= 0.3 is 0 Å². The van der Waals surface area contributed by atoms with Gasteiger partial charge in [0.15, 0.2) is 0 Å². The third-order valence-corrected chi connectivity index (χ3v) is 5.38. The molecule has 0 aromatic carbocycles. The molecular formula is C20H39N2O2+. The van der Waals surface area contributed by atoms with Crippen LogP contribution in [0.2, 0.25) is 0 Å². The molecule has 0 aromatic heterocycles. The molecule has 0 bridgehead atoms. The SMILES string of the molecule is CCCC[N+](CCCC)(CCCC)CCCCN1C(=O)CCC1=O. The second-order valence-electron chi connectivity index (χ2n) is 7.44. The summed E-state index contributed by atoms with van der Waals surface area (Å²) in [7, 11) is 0. The molecule has 4 heteroatoms. The van der Waals surface area contributed by atoms with Crippen molar-refractivity contribution in [3.05, 3.63) is 0 Å². The van der Waals surface area contributed by atoms with Crippen molar-refractivity contribution in [2.75, 3.05) is 32.7 Å². The van der Waals surface area contributed by atoms with E-state index in [9.17, 15) is 9.59 Å².